The van der Waals surface area contributed by atoms with Crippen LogP contribution in [0.25, 0.3) is 11.0 Å². The maximum Gasteiger partial charge on any atom is 0.163 e. The normalized spacial score (nSPS) is 14.1. The van der Waals surface area contributed by atoms with E-state index in [1.807, 2.05) is 7.05 Å². The minimum Gasteiger partial charge on any atom is -0.340 e. The van der Waals surface area contributed by atoms with Crippen molar-refractivity contribution in [1.82, 2.24) is 25.1 Å². The van der Waals surface area contributed by atoms with Crippen molar-refractivity contribution in [1.29, 1.82) is 0 Å². The summed E-state index contributed by atoms with van der Waals surface area (Å²) < 4.78 is 1.75. The number of hydrogen-bond acceptors (Lipinski definition) is 5. The van der Waals surface area contributed by atoms with Gasteiger partial charge in [0.15, 0.2) is 5.65 Å². The SMILES string of the molecule is Cn1ncc2c(Nc3ccc4c(c3)CNCC4)ncnc21. The van der Waals surface area contributed by atoms with E-state index in [-0.39, 0.29) is 0 Å². The van der Waals surface area contributed by atoms with Crippen molar-refractivity contribution < 1.29 is 0 Å². The zero-order chi connectivity index (χ0) is 14.2. The summed E-state index contributed by atoms with van der Waals surface area (Å²) in [4.78, 5) is 8.59. The van der Waals surface area contributed by atoms with E-state index < -0.39 is 0 Å². The fourth-order valence-corrected chi connectivity index (χ4v) is 2.76. The molecule has 0 fully saturated rings. The van der Waals surface area contributed by atoms with Gasteiger partial charge in [0, 0.05) is 19.3 Å². The molecule has 2 aromatic heterocycles. The minimum atomic E-state index is 0.789. The van der Waals surface area contributed by atoms with Crippen LogP contribution >= 0.6 is 0 Å². The van der Waals surface area contributed by atoms with E-state index in [0.29, 0.717) is 0 Å². The molecular weight excluding hydrogens is 264 g/mol. The van der Waals surface area contributed by atoms with Crippen LogP contribution in [0.1, 0.15) is 11.1 Å². The molecule has 2 N–H and O–H groups in total. The van der Waals surface area contributed by atoms with Crippen molar-refractivity contribution in [2.75, 3.05) is 11.9 Å². The van der Waals surface area contributed by atoms with E-state index in [9.17, 15) is 0 Å². The van der Waals surface area contributed by atoms with Crippen LogP contribution in [0.15, 0.2) is 30.7 Å². The van der Waals surface area contributed by atoms with Crippen LogP contribution in [0.4, 0.5) is 11.5 Å². The van der Waals surface area contributed by atoms with Gasteiger partial charge in [0.2, 0.25) is 0 Å². The number of aryl methyl sites for hydroxylation is 1. The maximum absolute atomic E-state index is 4.34. The van der Waals surface area contributed by atoms with E-state index in [4.69, 9.17) is 0 Å². The quantitative estimate of drug-likeness (QED) is 0.748. The van der Waals surface area contributed by atoms with Crippen molar-refractivity contribution >= 4 is 22.5 Å². The Morgan fingerprint density at radius 1 is 1.24 bits per heavy atom. The van der Waals surface area contributed by atoms with Crippen LogP contribution in [0.3, 0.4) is 0 Å². The fraction of sp³-hybridized carbons (Fsp3) is 0.267. The second kappa shape index (κ2) is 4.82. The molecule has 1 aliphatic heterocycles. The summed E-state index contributed by atoms with van der Waals surface area (Å²) >= 11 is 0. The molecule has 0 amide bonds. The van der Waals surface area contributed by atoms with Gasteiger partial charge in [0.1, 0.15) is 12.1 Å². The third-order valence-electron chi connectivity index (χ3n) is 3.89. The molecule has 0 radical (unpaired) electrons. The Hall–Kier alpha value is -2.47. The number of fused-ring (bicyclic) bond motifs is 2. The summed E-state index contributed by atoms with van der Waals surface area (Å²) in [5.41, 5.74) is 4.64. The predicted molar refractivity (Wildman–Crippen MR) is 81.4 cm³/mol. The molecule has 1 aromatic carbocycles. The molecule has 0 unspecified atom stereocenters. The zero-order valence-corrected chi connectivity index (χ0v) is 11.8. The lowest BCUT2D eigenvalue weighted by atomic mass is 10.0. The molecule has 21 heavy (non-hydrogen) atoms. The third-order valence-corrected chi connectivity index (χ3v) is 3.89. The molecule has 0 saturated heterocycles. The Morgan fingerprint density at radius 3 is 3.14 bits per heavy atom. The van der Waals surface area contributed by atoms with Gasteiger partial charge in [-0.25, -0.2) is 9.97 Å². The average Bonchev–Trinajstić information content (AvgIpc) is 2.90. The van der Waals surface area contributed by atoms with Crippen LogP contribution in [-0.4, -0.2) is 26.3 Å². The minimum absolute atomic E-state index is 0.789. The average molecular weight is 280 g/mol. The number of nitrogens with zero attached hydrogens (tertiary/aromatic N) is 4. The standard InChI is InChI=1S/C15H16N6/c1-21-15-13(8-19-21)14(17-9-18-15)20-12-3-2-10-4-5-16-7-11(10)6-12/h2-3,6,8-9,16H,4-5,7H2,1H3,(H,17,18,20). The second-order valence-electron chi connectivity index (χ2n) is 5.26. The van der Waals surface area contributed by atoms with Gasteiger partial charge in [-0.05, 0) is 36.2 Å². The number of benzene rings is 1. The summed E-state index contributed by atoms with van der Waals surface area (Å²) in [5, 5.41) is 11.9. The molecule has 0 aliphatic carbocycles. The highest BCUT2D eigenvalue weighted by atomic mass is 15.3. The van der Waals surface area contributed by atoms with E-state index in [2.05, 4.69) is 43.9 Å². The molecule has 0 spiro atoms. The highest BCUT2D eigenvalue weighted by Crippen LogP contribution is 2.25. The summed E-state index contributed by atoms with van der Waals surface area (Å²) in [7, 11) is 1.88. The molecule has 0 bridgehead atoms. The number of aromatic nitrogens is 4. The van der Waals surface area contributed by atoms with E-state index in [1.165, 1.54) is 11.1 Å². The van der Waals surface area contributed by atoms with Gasteiger partial charge in [0.25, 0.3) is 0 Å². The smallest absolute Gasteiger partial charge is 0.163 e. The number of anilines is 2. The van der Waals surface area contributed by atoms with Crippen LogP contribution < -0.4 is 10.6 Å². The molecule has 0 atom stereocenters. The Morgan fingerprint density at radius 2 is 2.19 bits per heavy atom. The van der Waals surface area contributed by atoms with Crippen LogP contribution in [0, 0.1) is 0 Å². The van der Waals surface area contributed by atoms with Crippen molar-refractivity contribution in [2.24, 2.45) is 7.05 Å². The zero-order valence-electron chi connectivity index (χ0n) is 11.8. The number of nitrogens with one attached hydrogen (secondary N) is 2. The number of rotatable bonds is 2. The lowest BCUT2D eigenvalue weighted by Crippen LogP contribution is -2.23. The molecule has 1 aliphatic rings. The van der Waals surface area contributed by atoms with Crippen LogP contribution in [0.5, 0.6) is 0 Å². The first-order valence-corrected chi connectivity index (χ1v) is 7.03. The highest BCUT2D eigenvalue weighted by molar-refractivity contribution is 5.88. The molecule has 6 heteroatoms. The summed E-state index contributed by atoms with van der Waals surface area (Å²) in [6.07, 6.45) is 4.44. The first-order valence-electron chi connectivity index (χ1n) is 7.03. The molecule has 6 nitrogen and oxygen atoms in total. The third kappa shape index (κ3) is 2.13. The topological polar surface area (TPSA) is 67.7 Å². The van der Waals surface area contributed by atoms with E-state index >= 15 is 0 Å². The fourth-order valence-electron chi connectivity index (χ4n) is 2.76. The van der Waals surface area contributed by atoms with Gasteiger partial charge < -0.3 is 10.6 Å². The van der Waals surface area contributed by atoms with Crippen LogP contribution in [-0.2, 0) is 20.0 Å². The van der Waals surface area contributed by atoms with Gasteiger partial charge in [-0.15, -0.1) is 0 Å². The number of hydrogen-bond donors (Lipinski definition) is 2. The molecular formula is C15H16N6. The summed E-state index contributed by atoms with van der Waals surface area (Å²) in [6.45, 7) is 1.99. The Kier molecular flexibility index (Phi) is 2.82. The van der Waals surface area contributed by atoms with Crippen molar-refractivity contribution in [3.8, 4) is 0 Å². The molecule has 106 valence electrons. The van der Waals surface area contributed by atoms with Gasteiger partial charge >= 0.3 is 0 Å². The first kappa shape index (κ1) is 12.3. The lowest BCUT2D eigenvalue weighted by molar-refractivity contribution is 0.644. The van der Waals surface area contributed by atoms with Crippen molar-refractivity contribution in [2.45, 2.75) is 13.0 Å². The van der Waals surface area contributed by atoms with Crippen molar-refractivity contribution in [3.05, 3.63) is 41.9 Å². The highest BCUT2D eigenvalue weighted by Gasteiger charge is 2.11. The monoisotopic (exact) mass is 280 g/mol. The van der Waals surface area contributed by atoms with E-state index in [1.54, 1.807) is 17.2 Å². The predicted octanol–water partition coefficient (Wildman–Crippen LogP) is 1.75. The first-order chi connectivity index (χ1) is 10.3. The Bertz CT molecular complexity index is 807. The van der Waals surface area contributed by atoms with Crippen molar-refractivity contribution in [3.63, 3.8) is 0 Å². The second-order valence-corrected chi connectivity index (χ2v) is 5.26. The summed E-state index contributed by atoms with van der Waals surface area (Å²) in [6, 6.07) is 6.49. The summed E-state index contributed by atoms with van der Waals surface area (Å²) in [5.74, 6) is 0.789. The van der Waals surface area contributed by atoms with Gasteiger partial charge in [0.05, 0.1) is 11.6 Å². The van der Waals surface area contributed by atoms with Gasteiger partial charge in [-0.2, -0.15) is 5.10 Å². The molecule has 3 aromatic rings. The Labute approximate surface area is 122 Å². The van der Waals surface area contributed by atoms with Gasteiger partial charge in [-0.1, -0.05) is 6.07 Å². The van der Waals surface area contributed by atoms with Crippen LogP contribution in [0.2, 0.25) is 0 Å². The van der Waals surface area contributed by atoms with E-state index in [0.717, 1.165) is 42.0 Å². The van der Waals surface area contributed by atoms with Gasteiger partial charge in [-0.3, -0.25) is 4.68 Å². The molecule has 3 heterocycles. The largest absolute Gasteiger partial charge is 0.340 e. The Balaban J connectivity index is 1.71. The molecule has 0 saturated carbocycles. The lowest BCUT2D eigenvalue weighted by Gasteiger charge is -2.18. The maximum atomic E-state index is 4.34. The molecule has 4 rings (SSSR count).